The van der Waals surface area contributed by atoms with E-state index in [1.807, 2.05) is 0 Å². The molecule has 0 bridgehead atoms. The van der Waals surface area contributed by atoms with Gasteiger partial charge in [-0.05, 0) is 0 Å². The highest BCUT2D eigenvalue weighted by molar-refractivity contribution is 5.71. The molecule has 5 atom stereocenters. The second kappa shape index (κ2) is 12.4. The second-order valence-electron chi connectivity index (χ2n) is 6.24. The zero-order valence-corrected chi connectivity index (χ0v) is 17.5. The molecular formula is C19H30O10. The van der Waals surface area contributed by atoms with E-state index >= 15 is 0 Å². The summed E-state index contributed by atoms with van der Waals surface area (Å²) in [5, 5.41) is 0. The Balaban J connectivity index is 3.25. The van der Waals surface area contributed by atoms with Crippen molar-refractivity contribution in [3.8, 4) is 0 Å². The number of methoxy groups -OCH3 is 1. The zero-order chi connectivity index (χ0) is 22.0. The molecule has 10 heteroatoms. The standard InChI is InChI=1S/C19H30O10/c1-6-12(20)25-10-11-16(27-13(21)7-2)17(28-14(22)8-3)18(19(24-5)26-11)29-15(23)9-4/h11,16-19H,6-10H2,1-5H3/t11-,16+,17+,18?,19-/m1/s1. The van der Waals surface area contributed by atoms with Crippen LogP contribution in [0, 0.1) is 0 Å². The van der Waals surface area contributed by atoms with E-state index in [1.54, 1.807) is 27.7 Å². The molecule has 1 unspecified atom stereocenters. The lowest BCUT2D eigenvalue weighted by Gasteiger charge is -2.43. The largest absolute Gasteiger partial charge is 0.463 e. The third-order valence-electron chi connectivity index (χ3n) is 4.19. The van der Waals surface area contributed by atoms with Gasteiger partial charge in [-0.3, -0.25) is 19.2 Å². The van der Waals surface area contributed by atoms with Crippen molar-refractivity contribution in [1.82, 2.24) is 0 Å². The molecule has 0 aromatic rings. The van der Waals surface area contributed by atoms with Gasteiger partial charge in [-0.1, -0.05) is 27.7 Å². The van der Waals surface area contributed by atoms with Gasteiger partial charge in [0, 0.05) is 32.8 Å². The van der Waals surface area contributed by atoms with Gasteiger partial charge < -0.3 is 28.4 Å². The van der Waals surface area contributed by atoms with Crippen LogP contribution in [0.5, 0.6) is 0 Å². The summed E-state index contributed by atoms with van der Waals surface area (Å²) in [6.07, 6.45) is -5.33. The molecule has 10 nitrogen and oxygen atoms in total. The maximum Gasteiger partial charge on any atom is 0.306 e. The Bertz CT molecular complexity index is 575. The van der Waals surface area contributed by atoms with Gasteiger partial charge in [-0.2, -0.15) is 0 Å². The van der Waals surface area contributed by atoms with Gasteiger partial charge in [0.1, 0.15) is 12.7 Å². The van der Waals surface area contributed by atoms with Crippen molar-refractivity contribution >= 4 is 23.9 Å². The van der Waals surface area contributed by atoms with Crippen molar-refractivity contribution < 1.29 is 47.6 Å². The van der Waals surface area contributed by atoms with E-state index in [0.29, 0.717) is 0 Å². The highest BCUT2D eigenvalue weighted by Gasteiger charge is 2.52. The van der Waals surface area contributed by atoms with E-state index in [4.69, 9.17) is 28.4 Å². The molecule has 0 aliphatic carbocycles. The molecule has 0 saturated carbocycles. The SMILES string of the molecule is CCC(=O)OC[C@H]1O[C@@H](OC)C(OC(=O)CC)[C@@H](OC(=O)CC)[C@H]1OC(=O)CC. The molecule has 0 aromatic carbocycles. The number of esters is 4. The summed E-state index contributed by atoms with van der Waals surface area (Å²) >= 11 is 0. The van der Waals surface area contributed by atoms with Crippen LogP contribution in [0.15, 0.2) is 0 Å². The highest BCUT2D eigenvalue weighted by Crippen LogP contribution is 2.30. The second-order valence-corrected chi connectivity index (χ2v) is 6.24. The Morgan fingerprint density at radius 3 is 1.59 bits per heavy atom. The molecule has 0 radical (unpaired) electrons. The predicted octanol–water partition coefficient (Wildman–Crippen LogP) is 1.28. The number of ether oxygens (including phenoxy) is 6. The smallest absolute Gasteiger partial charge is 0.306 e. The first kappa shape index (κ1) is 24.8. The van der Waals surface area contributed by atoms with Gasteiger partial charge in [0.05, 0.1) is 0 Å². The third kappa shape index (κ3) is 7.28. The Morgan fingerprint density at radius 2 is 1.14 bits per heavy atom. The molecule has 1 aliphatic heterocycles. The molecule has 1 aliphatic rings. The van der Waals surface area contributed by atoms with E-state index in [9.17, 15) is 19.2 Å². The highest BCUT2D eigenvalue weighted by atomic mass is 16.7. The van der Waals surface area contributed by atoms with Crippen LogP contribution in [0.1, 0.15) is 53.4 Å². The fourth-order valence-corrected chi connectivity index (χ4v) is 2.59. The Hall–Kier alpha value is -2.20. The minimum atomic E-state index is -1.20. The van der Waals surface area contributed by atoms with Crippen molar-refractivity contribution in [2.45, 2.75) is 84.1 Å². The number of carbonyl (C=O) groups is 4. The van der Waals surface area contributed by atoms with Crippen LogP contribution in [0.3, 0.4) is 0 Å². The molecule has 0 aromatic heterocycles. The first-order valence-electron chi connectivity index (χ1n) is 9.73. The molecule has 1 fully saturated rings. The average molecular weight is 418 g/mol. The number of hydrogen-bond donors (Lipinski definition) is 0. The van der Waals surface area contributed by atoms with Crippen molar-refractivity contribution in [2.75, 3.05) is 13.7 Å². The third-order valence-corrected chi connectivity index (χ3v) is 4.19. The van der Waals surface area contributed by atoms with Gasteiger partial charge in [0.25, 0.3) is 0 Å². The lowest BCUT2D eigenvalue weighted by Crippen LogP contribution is -2.63. The number of rotatable bonds is 10. The lowest BCUT2D eigenvalue weighted by atomic mass is 9.98. The van der Waals surface area contributed by atoms with E-state index in [1.165, 1.54) is 7.11 Å². The van der Waals surface area contributed by atoms with Crippen molar-refractivity contribution in [1.29, 1.82) is 0 Å². The maximum absolute atomic E-state index is 12.0. The molecule has 1 heterocycles. The summed E-state index contributed by atoms with van der Waals surface area (Å²) in [6.45, 7) is 6.15. The molecule has 1 saturated heterocycles. The van der Waals surface area contributed by atoms with Crippen LogP contribution < -0.4 is 0 Å². The summed E-state index contributed by atoms with van der Waals surface area (Å²) in [6, 6.07) is 0. The quantitative estimate of drug-likeness (QED) is 0.378. The summed E-state index contributed by atoms with van der Waals surface area (Å²) in [7, 11) is 1.32. The average Bonchev–Trinajstić information content (AvgIpc) is 2.73. The van der Waals surface area contributed by atoms with Crippen LogP contribution in [0.2, 0.25) is 0 Å². The molecule has 0 N–H and O–H groups in total. The molecular weight excluding hydrogens is 388 g/mol. The van der Waals surface area contributed by atoms with Crippen molar-refractivity contribution in [2.24, 2.45) is 0 Å². The first-order chi connectivity index (χ1) is 13.8. The minimum absolute atomic E-state index is 0.0490. The molecule has 0 amide bonds. The lowest BCUT2D eigenvalue weighted by molar-refractivity contribution is -0.303. The topological polar surface area (TPSA) is 124 Å². The summed E-state index contributed by atoms with van der Waals surface area (Å²) in [4.78, 5) is 47.5. The molecule has 1 rings (SSSR count). The number of carbonyl (C=O) groups excluding carboxylic acids is 4. The summed E-state index contributed by atoms with van der Waals surface area (Å²) in [5.74, 6) is -2.23. The fraction of sp³-hybridized carbons (Fsp3) is 0.789. The monoisotopic (exact) mass is 418 g/mol. The molecule has 166 valence electrons. The van der Waals surface area contributed by atoms with Gasteiger partial charge in [0.15, 0.2) is 24.6 Å². The van der Waals surface area contributed by atoms with Crippen LogP contribution in [0.4, 0.5) is 0 Å². The van der Waals surface area contributed by atoms with Crippen LogP contribution in [-0.4, -0.2) is 68.3 Å². The van der Waals surface area contributed by atoms with Gasteiger partial charge in [-0.25, -0.2) is 0 Å². The Labute approximate surface area is 170 Å². The fourth-order valence-electron chi connectivity index (χ4n) is 2.59. The Kier molecular flexibility index (Phi) is 10.6. The van der Waals surface area contributed by atoms with E-state index in [-0.39, 0.29) is 32.3 Å². The van der Waals surface area contributed by atoms with E-state index in [2.05, 4.69) is 0 Å². The predicted molar refractivity (Wildman–Crippen MR) is 97.4 cm³/mol. The normalized spacial score (nSPS) is 26.3. The molecule has 29 heavy (non-hydrogen) atoms. The zero-order valence-electron chi connectivity index (χ0n) is 17.5. The summed E-state index contributed by atoms with van der Waals surface area (Å²) in [5.41, 5.74) is 0. The van der Waals surface area contributed by atoms with Gasteiger partial charge in [0.2, 0.25) is 0 Å². The number of hydrogen-bond acceptors (Lipinski definition) is 10. The van der Waals surface area contributed by atoms with E-state index in [0.717, 1.165) is 0 Å². The minimum Gasteiger partial charge on any atom is -0.463 e. The van der Waals surface area contributed by atoms with Gasteiger partial charge >= 0.3 is 23.9 Å². The first-order valence-corrected chi connectivity index (χ1v) is 9.73. The maximum atomic E-state index is 12.0. The van der Waals surface area contributed by atoms with Crippen molar-refractivity contribution in [3.05, 3.63) is 0 Å². The van der Waals surface area contributed by atoms with Crippen LogP contribution in [-0.2, 0) is 47.6 Å². The van der Waals surface area contributed by atoms with Crippen LogP contribution >= 0.6 is 0 Å². The Morgan fingerprint density at radius 1 is 0.690 bits per heavy atom. The van der Waals surface area contributed by atoms with Crippen LogP contribution in [0.25, 0.3) is 0 Å². The van der Waals surface area contributed by atoms with Gasteiger partial charge in [-0.15, -0.1) is 0 Å². The summed E-state index contributed by atoms with van der Waals surface area (Å²) < 4.78 is 32.4. The molecule has 0 spiro atoms. The van der Waals surface area contributed by atoms with E-state index < -0.39 is 54.6 Å². The van der Waals surface area contributed by atoms with Crippen molar-refractivity contribution in [3.63, 3.8) is 0 Å².